The molecule has 1 fully saturated rings. The van der Waals surface area contributed by atoms with E-state index in [4.69, 9.17) is 0 Å². The van der Waals surface area contributed by atoms with Crippen molar-refractivity contribution in [2.24, 2.45) is 11.8 Å². The second-order valence-electron chi connectivity index (χ2n) is 5.03. The molecule has 1 aliphatic rings. The van der Waals surface area contributed by atoms with Crippen molar-refractivity contribution in [1.82, 2.24) is 10.6 Å². The zero-order valence-electron chi connectivity index (χ0n) is 10.4. The summed E-state index contributed by atoms with van der Waals surface area (Å²) >= 11 is 1.71. The number of carbonyl (C=O) groups excluding carboxylic acids is 1. The Morgan fingerprint density at radius 2 is 2.35 bits per heavy atom. The van der Waals surface area contributed by atoms with Crippen molar-refractivity contribution in [3.63, 3.8) is 0 Å². The SMILES string of the molecule is CC(C)C(NC(=O)CC1CNC1)c1cccs1. The third-order valence-corrected chi connectivity index (χ3v) is 4.13. The van der Waals surface area contributed by atoms with Crippen LogP contribution < -0.4 is 10.6 Å². The van der Waals surface area contributed by atoms with Gasteiger partial charge in [0.2, 0.25) is 5.91 Å². The zero-order valence-corrected chi connectivity index (χ0v) is 11.2. The topological polar surface area (TPSA) is 41.1 Å². The molecule has 3 nitrogen and oxygen atoms in total. The molecular formula is C13H20N2OS. The number of amides is 1. The molecule has 1 aromatic heterocycles. The van der Waals surface area contributed by atoms with Crippen LogP contribution in [0.2, 0.25) is 0 Å². The molecule has 4 heteroatoms. The molecule has 1 aromatic rings. The minimum atomic E-state index is 0.163. The molecule has 0 aromatic carbocycles. The van der Waals surface area contributed by atoms with E-state index in [0.717, 1.165) is 13.1 Å². The largest absolute Gasteiger partial charge is 0.348 e. The van der Waals surface area contributed by atoms with Crippen LogP contribution in [0.4, 0.5) is 0 Å². The average Bonchev–Trinajstić information content (AvgIpc) is 2.72. The number of rotatable bonds is 5. The van der Waals surface area contributed by atoms with Gasteiger partial charge in [-0.3, -0.25) is 4.79 Å². The summed E-state index contributed by atoms with van der Waals surface area (Å²) in [4.78, 5) is 13.2. The first-order chi connectivity index (χ1) is 8.16. The van der Waals surface area contributed by atoms with Gasteiger partial charge < -0.3 is 10.6 Å². The van der Waals surface area contributed by atoms with Crippen LogP contribution in [0, 0.1) is 11.8 Å². The summed E-state index contributed by atoms with van der Waals surface area (Å²) < 4.78 is 0. The van der Waals surface area contributed by atoms with Gasteiger partial charge in [0.25, 0.3) is 0 Å². The van der Waals surface area contributed by atoms with E-state index >= 15 is 0 Å². The molecule has 0 aliphatic carbocycles. The maximum atomic E-state index is 11.9. The fourth-order valence-corrected chi connectivity index (χ4v) is 2.97. The lowest BCUT2D eigenvalue weighted by molar-refractivity contribution is -0.123. The normalized spacial score (nSPS) is 17.8. The molecule has 1 amide bonds. The van der Waals surface area contributed by atoms with Crippen LogP contribution in [-0.4, -0.2) is 19.0 Å². The molecule has 1 unspecified atom stereocenters. The summed E-state index contributed by atoms with van der Waals surface area (Å²) in [6.07, 6.45) is 0.654. The zero-order chi connectivity index (χ0) is 12.3. The van der Waals surface area contributed by atoms with Gasteiger partial charge in [0.15, 0.2) is 0 Å². The molecule has 2 N–H and O–H groups in total. The first-order valence-corrected chi connectivity index (χ1v) is 7.08. The van der Waals surface area contributed by atoms with E-state index in [-0.39, 0.29) is 11.9 Å². The maximum Gasteiger partial charge on any atom is 0.220 e. The summed E-state index contributed by atoms with van der Waals surface area (Å²) in [7, 11) is 0. The minimum absolute atomic E-state index is 0.163. The van der Waals surface area contributed by atoms with Crippen LogP contribution in [0.1, 0.15) is 31.2 Å². The second-order valence-corrected chi connectivity index (χ2v) is 6.01. The van der Waals surface area contributed by atoms with Crippen molar-refractivity contribution in [2.45, 2.75) is 26.3 Å². The Labute approximate surface area is 107 Å². The van der Waals surface area contributed by atoms with Crippen LogP contribution in [0.5, 0.6) is 0 Å². The molecule has 2 heterocycles. The number of hydrogen-bond donors (Lipinski definition) is 2. The second kappa shape index (κ2) is 5.65. The summed E-state index contributed by atoms with van der Waals surface area (Å²) in [5, 5.41) is 8.42. The Hall–Kier alpha value is -0.870. The molecule has 0 spiro atoms. The molecular weight excluding hydrogens is 232 g/mol. The van der Waals surface area contributed by atoms with Gasteiger partial charge >= 0.3 is 0 Å². The molecule has 0 radical (unpaired) electrons. The molecule has 0 saturated carbocycles. The Balaban J connectivity index is 1.91. The molecule has 1 aliphatic heterocycles. The molecule has 2 rings (SSSR count). The summed E-state index contributed by atoms with van der Waals surface area (Å²) in [6.45, 7) is 6.27. The van der Waals surface area contributed by atoms with Gasteiger partial charge in [-0.2, -0.15) is 0 Å². The van der Waals surface area contributed by atoms with Crippen molar-refractivity contribution in [3.8, 4) is 0 Å². The van der Waals surface area contributed by atoms with E-state index in [1.54, 1.807) is 11.3 Å². The molecule has 1 atom stereocenters. The van der Waals surface area contributed by atoms with E-state index in [2.05, 4.69) is 35.9 Å². The van der Waals surface area contributed by atoms with Crippen LogP contribution in [-0.2, 0) is 4.79 Å². The molecule has 1 saturated heterocycles. The molecule has 17 heavy (non-hydrogen) atoms. The third-order valence-electron chi connectivity index (χ3n) is 3.17. The Morgan fingerprint density at radius 3 is 2.82 bits per heavy atom. The van der Waals surface area contributed by atoms with Crippen LogP contribution in [0.15, 0.2) is 17.5 Å². The minimum Gasteiger partial charge on any atom is -0.348 e. The highest BCUT2D eigenvalue weighted by molar-refractivity contribution is 7.10. The van der Waals surface area contributed by atoms with Gasteiger partial charge in [0, 0.05) is 11.3 Å². The van der Waals surface area contributed by atoms with Crippen molar-refractivity contribution in [1.29, 1.82) is 0 Å². The smallest absolute Gasteiger partial charge is 0.220 e. The number of nitrogens with one attached hydrogen (secondary N) is 2. The summed E-state index contributed by atoms with van der Waals surface area (Å²) in [5.74, 6) is 1.15. The number of hydrogen-bond acceptors (Lipinski definition) is 3. The Kier molecular flexibility index (Phi) is 4.18. The predicted molar refractivity (Wildman–Crippen MR) is 71.0 cm³/mol. The highest BCUT2D eigenvalue weighted by atomic mass is 32.1. The maximum absolute atomic E-state index is 11.9. The first-order valence-electron chi connectivity index (χ1n) is 6.20. The van der Waals surface area contributed by atoms with E-state index in [0.29, 0.717) is 18.3 Å². The lowest BCUT2D eigenvalue weighted by Crippen LogP contribution is -2.45. The van der Waals surface area contributed by atoms with Gasteiger partial charge in [-0.1, -0.05) is 19.9 Å². The van der Waals surface area contributed by atoms with Crippen molar-refractivity contribution in [2.75, 3.05) is 13.1 Å². The fraction of sp³-hybridized carbons (Fsp3) is 0.615. The fourth-order valence-electron chi connectivity index (χ4n) is 2.02. The monoisotopic (exact) mass is 252 g/mol. The Morgan fingerprint density at radius 1 is 1.59 bits per heavy atom. The quantitative estimate of drug-likeness (QED) is 0.843. The number of thiophene rings is 1. The van der Waals surface area contributed by atoms with Gasteiger partial charge in [0.1, 0.15) is 0 Å². The van der Waals surface area contributed by atoms with Crippen LogP contribution >= 0.6 is 11.3 Å². The Bertz CT molecular complexity index is 358. The van der Waals surface area contributed by atoms with Crippen LogP contribution in [0.3, 0.4) is 0 Å². The first kappa shape index (κ1) is 12.6. The van der Waals surface area contributed by atoms with Crippen molar-refractivity contribution >= 4 is 17.2 Å². The van der Waals surface area contributed by atoms with Gasteiger partial charge in [-0.15, -0.1) is 11.3 Å². The van der Waals surface area contributed by atoms with E-state index < -0.39 is 0 Å². The van der Waals surface area contributed by atoms with Gasteiger partial charge in [-0.25, -0.2) is 0 Å². The van der Waals surface area contributed by atoms with Gasteiger partial charge in [0.05, 0.1) is 6.04 Å². The average molecular weight is 252 g/mol. The third kappa shape index (κ3) is 3.30. The van der Waals surface area contributed by atoms with E-state index in [9.17, 15) is 4.79 Å². The van der Waals surface area contributed by atoms with E-state index in [1.807, 2.05) is 6.07 Å². The molecule has 0 bridgehead atoms. The highest BCUT2D eigenvalue weighted by Crippen LogP contribution is 2.26. The number of carbonyl (C=O) groups is 1. The highest BCUT2D eigenvalue weighted by Gasteiger charge is 2.23. The van der Waals surface area contributed by atoms with Crippen LogP contribution in [0.25, 0.3) is 0 Å². The predicted octanol–water partition coefficient (Wildman–Crippen LogP) is 2.17. The summed E-state index contributed by atoms with van der Waals surface area (Å²) in [6, 6.07) is 4.30. The molecule has 94 valence electrons. The van der Waals surface area contributed by atoms with Gasteiger partial charge in [-0.05, 0) is 36.4 Å². The van der Waals surface area contributed by atoms with E-state index in [1.165, 1.54) is 4.88 Å². The van der Waals surface area contributed by atoms with Crippen molar-refractivity contribution < 1.29 is 4.79 Å². The van der Waals surface area contributed by atoms with Crippen molar-refractivity contribution in [3.05, 3.63) is 22.4 Å². The lowest BCUT2D eigenvalue weighted by atomic mass is 9.97. The summed E-state index contributed by atoms with van der Waals surface area (Å²) in [5.41, 5.74) is 0. The lowest BCUT2D eigenvalue weighted by Gasteiger charge is -2.28. The standard InChI is InChI=1S/C13H20N2OS/c1-9(2)13(11-4-3-5-17-11)15-12(16)6-10-7-14-8-10/h3-5,9-10,13-14H,6-8H2,1-2H3,(H,15,16).